The summed E-state index contributed by atoms with van der Waals surface area (Å²) in [6, 6.07) is -1.09. The number of carbonyl (C=O) groups excluding carboxylic acids is 1. The third-order valence-corrected chi connectivity index (χ3v) is 3.74. The Morgan fingerprint density at radius 3 is 2.38 bits per heavy atom. The lowest BCUT2D eigenvalue weighted by atomic mass is 9.97. The molecule has 5 N–H and O–H groups in total. The smallest absolute Gasteiger partial charge is 0.220 e. The Kier molecular flexibility index (Phi) is 8.13. The molecule has 0 saturated carbocycles. The maximum atomic E-state index is 11.8. The SMILES string of the molecule is CCCCCCCC(=O)N[C@H]1C(O)O[C@H](CO)[C@@H](O)[C@@H]1O. The summed E-state index contributed by atoms with van der Waals surface area (Å²) in [4.78, 5) is 11.8. The van der Waals surface area contributed by atoms with Crippen LogP contribution in [0.15, 0.2) is 0 Å². The maximum Gasteiger partial charge on any atom is 0.220 e. The summed E-state index contributed by atoms with van der Waals surface area (Å²) in [7, 11) is 0. The molecule has 0 radical (unpaired) electrons. The van der Waals surface area contributed by atoms with E-state index >= 15 is 0 Å². The second-order valence-electron chi connectivity index (χ2n) is 5.49. The summed E-state index contributed by atoms with van der Waals surface area (Å²) in [5, 5.41) is 40.8. The zero-order chi connectivity index (χ0) is 15.8. The summed E-state index contributed by atoms with van der Waals surface area (Å²) < 4.78 is 4.97. The molecule has 124 valence electrons. The van der Waals surface area contributed by atoms with Gasteiger partial charge in [0.25, 0.3) is 0 Å². The molecular formula is C14H27NO6. The topological polar surface area (TPSA) is 119 Å². The van der Waals surface area contributed by atoms with E-state index in [4.69, 9.17) is 9.84 Å². The molecule has 1 aliphatic heterocycles. The zero-order valence-corrected chi connectivity index (χ0v) is 12.4. The third-order valence-electron chi connectivity index (χ3n) is 3.74. The first-order valence-electron chi connectivity index (χ1n) is 7.61. The number of aliphatic hydroxyl groups is 4. The van der Waals surface area contributed by atoms with Crippen LogP contribution in [0.2, 0.25) is 0 Å². The first-order chi connectivity index (χ1) is 10.0. The Balaban J connectivity index is 2.37. The van der Waals surface area contributed by atoms with E-state index in [-0.39, 0.29) is 5.91 Å². The van der Waals surface area contributed by atoms with Crippen LogP contribution in [-0.4, -0.2) is 63.6 Å². The number of aliphatic hydroxyl groups excluding tert-OH is 4. The van der Waals surface area contributed by atoms with E-state index in [9.17, 15) is 20.1 Å². The molecule has 5 atom stereocenters. The number of hydrogen-bond donors (Lipinski definition) is 5. The molecule has 1 aliphatic rings. The highest BCUT2D eigenvalue weighted by atomic mass is 16.6. The van der Waals surface area contributed by atoms with E-state index < -0.39 is 37.3 Å². The van der Waals surface area contributed by atoms with Crippen molar-refractivity contribution in [3.05, 3.63) is 0 Å². The molecule has 1 heterocycles. The van der Waals surface area contributed by atoms with E-state index in [1.54, 1.807) is 0 Å². The summed E-state index contributed by atoms with van der Waals surface area (Å²) in [5.41, 5.74) is 0. The number of rotatable bonds is 8. The zero-order valence-electron chi connectivity index (χ0n) is 12.4. The van der Waals surface area contributed by atoms with Crippen LogP contribution in [0.25, 0.3) is 0 Å². The van der Waals surface area contributed by atoms with Crippen LogP contribution in [0.3, 0.4) is 0 Å². The molecule has 1 rings (SSSR count). The van der Waals surface area contributed by atoms with Gasteiger partial charge in [0.1, 0.15) is 24.4 Å². The van der Waals surface area contributed by atoms with Gasteiger partial charge < -0.3 is 30.5 Å². The molecule has 0 aromatic carbocycles. The number of ether oxygens (including phenoxy) is 1. The van der Waals surface area contributed by atoms with Gasteiger partial charge in [0.15, 0.2) is 6.29 Å². The Hall–Kier alpha value is -0.730. The Morgan fingerprint density at radius 1 is 1.10 bits per heavy atom. The predicted octanol–water partition coefficient (Wildman–Crippen LogP) is -0.737. The highest BCUT2D eigenvalue weighted by Crippen LogP contribution is 2.20. The highest BCUT2D eigenvalue weighted by Gasteiger charge is 2.44. The van der Waals surface area contributed by atoms with Gasteiger partial charge in [-0.25, -0.2) is 0 Å². The summed E-state index contributed by atoms with van der Waals surface area (Å²) in [5.74, 6) is -0.298. The Bertz CT molecular complexity index is 314. The fourth-order valence-electron chi connectivity index (χ4n) is 2.40. The second kappa shape index (κ2) is 9.32. The van der Waals surface area contributed by atoms with Gasteiger partial charge in [-0.3, -0.25) is 4.79 Å². The molecule has 0 aromatic rings. The van der Waals surface area contributed by atoms with Crippen molar-refractivity contribution in [1.82, 2.24) is 5.32 Å². The number of hydrogen-bond acceptors (Lipinski definition) is 6. The monoisotopic (exact) mass is 305 g/mol. The number of nitrogens with one attached hydrogen (secondary N) is 1. The van der Waals surface area contributed by atoms with Gasteiger partial charge >= 0.3 is 0 Å². The minimum Gasteiger partial charge on any atom is -0.394 e. The fourth-order valence-corrected chi connectivity index (χ4v) is 2.40. The van der Waals surface area contributed by atoms with Gasteiger partial charge in [-0.2, -0.15) is 0 Å². The first-order valence-corrected chi connectivity index (χ1v) is 7.61. The average molecular weight is 305 g/mol. The van der Waals surface area contributed by atoms with Crippen LogP contribution in [0.1, 0.15) is 45.4 Å². The van der Waals surface area contributed by atoms with Crippen LogP contribution in [-0.2, 0) is 9.53 Å². The van der Waals surface area contributed by atoms with Crippen molar-refractivity contribution in [2.24, 2.45) is 0 Å². The standard InChI is InChI=1S/C14H27NO6/c1-2-3-4-5-6-7-10(17)15-11-13(19)12(18)9(8-16)21-14(11)20/h9,11-14,16,18-20H,2-8H2,1H3,(H,15,17)/t9-,11-,12-,13-,14?/m1/s1. The van der Waals surface area contributed by atoms with E-state index in [0.29, 0.717) is 6.42 Å². The fraction of sp³-hybridized carbons (Fsp3) is 0.929. The van der Waals surface area contributed by atoms with Crippen molar-refractivity contribution < 1.29 is 30.0 Å². The Labute approximate surface area is 124 Å². The van der Waals surface area contributed by atoms with Crippen LogP contribution in [0, 0.1) is 0 Å². The second-order valence-corrected chi connectivity index (χ2v) is 5.49. The quantitative estimate of drug-likeness (QED) is 0.377. The van der Waals surface area contributed by atoms with E-state index in [2.05, 4.69) is 12.2 Å². The van der Waals surface area contributed by atoms with Gasteiger partial charge in [0.05, 0.1) is 6.61 Å². The number of amides is 1. The molecule has 0 aromatic heterocycles. The lowest BCUT2D eigenvalue weighted by Crippen LogP contribution is -2.64. The van der Waals surface area contributed by atoms with Gasteiger partial charge in [0, 0.05) is 6.42 Å². The summed E-state index contributed by atoms with van der Waals surface area (Å²) >= 11 is 0. The average Bonchev–Trinajstić information content (AvgIpc) is 2.47. The molecule has 1 fully saturated rings. The normalized spacial score (nSPS) is 32.9. The van der Waals surface area contributed by atoms with Crippen molar-refractivity contribution >= 4 is 5.91 Å². The van der Waals surface area contributed by atoms with Crippen molar-refractivity contribution in [3.8, 4) is 0 Å². The third kappa shape index (κ3) is 5.52. The lowest BCUT2D eigenvalue weighted by Gasteiger charge is -2.40. The molecule has 7 heteroatoms. The van der Waals surface area contributed by atoms with Gasteiger partial charge in [-0.05, 0) is 6.42 Å². The van der Waals surface area contributed by atoms with Crippen molar-refractivity contribution in [1.29, 1.82) is 0 Å². The van der Waals surface area contributed by atoms with Crippen LogP contribution in [0.4, 0.5) is 0 Å². The van der Waals surface area contributed by atoms with Crippen LogP contribution in [0.5, 0.6) is 0 Å². The molecule has 1 amide bonds. The summed E-state index contributed by atoms with van der Waals surface area (Å²) in [6.07, 6.45) is 0.122. The minimum atomic E-state index is -1.45. The number of unbranched alkanes of at least 4 members (excludes halogenated alkanes) is 4. The lowest BCUT2D eigenvalue weighted by molar-refractivity contribution is -0.253. The number of carbonyl (C=O) groups is 1. The molecule has 1 saturated heterocycles. The Morgan fingerprint density at radius 2 is 1.76 bits per heavy atom. The highest BCUT2D eigenvalue weighted by molar-refractivity contribution is 5.76. The van der Waals surface area contributed by atoms with Crippen LogP contribution >= 0.6 is 0 Å². The van der Waals surface area contributed by atoms with Crippen molar-refractivity contribution in [2.75, 3.05) is 6.61 Å². The first kappa shape index (κ1) is 18.3. The maximum absolute atomic E-state index is 11.8. The van der Waals surface area contributed by atoms with E-state index in [0.717, 1.165) is 32.1 Å². The molecule has 0 bridgehead atoms. The molecule has 0 aliphatic carbocycles. The van der Waals surface area contributed by atoms with E-state index in [1.165, 1.54) is 0 Å². The van der Waals surface area contributed by atoms with Crippen molar-refractivity contribution in [3.63, 3.8) is 0 Å². The van der Waals surface area contributed by atoms with Crippen LogP contribution < -0.4 is 5.32 Å². The van der Waals surface area contributed by atoms with E-state index in [1.807, 2.05) is 0 Å². The summed E-state index contributed by atoms with van der Waals surface area (Å²) in [6.45, 7) is 1.59. The van der Waals surface area contributed by atoms with Gasteiger partial charge in [0.2, 0.25) is 5.91 Å². The minimum absolute atomic E-state index is 0.298. The largest absolute Gasteiger partial charge is 0.394 e. The molecule has 21 heavy (non-hydrogen) atoms. The molecule has 7 nitrogen and oxygen atoms in total. The van der Waals surface area contributed by atoms with Gasteiger partial charge in [-0.1, -0.05) is 32.6 Å². The van der Waals surface area contributed by atoms with Crippen molar-refractivity contribution in [2.45, 2.75) is 76.1 Å². The molecule has 1 unspecified atom stereocenters. The van der Waals surface area contributed by atoms with Gasteiger partial charge in [-0.15, -0.1) is 0 Å². The molecule has 0 spiro atoms. The molecular weight excluding hydrogens is 278 g/mol. The predicted molar refractivity (Wildman–Crippen MR) is 75.3 cm³/mol.